The van der Waals surface area contributed by atoms with Crippen LogP contribution in [0.4, 0.5) is 0 Å². The smallest absolute Gasteiger partial charge is 0.309 e. The van der Waals surface area contributed by atoms with E-state index in [2.05, 4.69) is 32.1 Å². The van der Waals surface area contributed by atoms with Gasteiger partial charge in [-0.05, 0) is 55.4 Å². The van der Waals surface area contributed by atoms with E-state index in [0.29, 0.717) is 24.2 Å². The van der Waals surface area contributed by atoms with Gasteiger partial charge in [0.25, 0.3) is 0 Å². The lowest BCUT2D eigenvalue weighted by Crippen LogP contribution is -2.42. The number of hydrogen-bond donors (Lipinski definition) is 1. The van der Waals surface area contributed by atoms with Gasteiger partial charge < -0.3 is 14.6 Å². The van der Waals surface area contributed by atoms with Crippen molar-refractivity contribution >= 4 is 11.9 Å². The van der Waals surface area contributed by atoms with E-state index in [9.17, 15) is 14.7 Å². The number of carbonyl (C=O) groups is 2. The predicted octanol–water partition coefficient (Wildman–Crippen LogP) is 4.59. The van der Waals surface area contributed by atoms with Crippen LogP contribution in [-0.4, -0.2) is 35.4 Å². The number of fused-ring (bicyclic) bond motifs is 1. The molecular weight excluding hydrogens is 380 g/mol. The van der Waals surface area contributed by atoms with E-state index in [-0.39, 0.29) is 42.4 Å². The molecule has 1 saturated heterocycles. The highest BCUT2D eigenvalue weighted by molar-refractivity contribution is 5.72. The first-order chi connectivity index (χ1) is 14.3. The molecule has 1 N–H and O–H groups in total. The molecule has 0 bridgehead atoms. The van der Waals surface area contributed by atoms with E-state index in [1.165, 1.54) is 5.57 Å². The number of hydrogen-bond acceptors (Lipinski definition) is 5. The van der Waals surface area contributed by atoms with E-state index < -0.39 is 6.10 Å². The van der Waals surface area contributed by atoms with Gasteiger partial charge in [-0.2, -0.15) is 0 Å². The minimum Gasteiger partial charge on any atom is -0.462 e. The molecule has 1 aliphatic heterocycles. The van der Waals surface area contributed by atoms with Crippen molar-refractivity contribution in [3.05, 3.63) is 23.8 Å². The molecule has 1 unspecified atom stereocenters. The molecule has 0 amide bonds. The van der Waals surface area contributed by atoms with Crippen LogP contribution in [0.3, 0.4) is 0 Å². The number of cyclic esters (lactones) is 1. The van der Waals surface area contributed by atoms with Crippen molar-refractivity contribution in [2.45, 2.75) is 91.0 Å². The highest BCUT2D eigenvalue weighted by Crippen LogP contribution is 2.45. The summed E-state index contributed by atoms with van der Waals surface area (Å²) < 4.78 is 11.6. The molecule has 3 rings (SSSR count). The summed E-state index contributed by atoms with van der Waals surface area (Å²) in [5.41, 5.74) is 1.28. The van der Waals surface area contributed by atoms with Crippen molar-refractivity contribution in [1.29, 1.82) is 0 Å². The second-order valence-electron chi connectivity index (χ2n) is 9.56. The first-order valence-corrected chi connectivity index (χ1v) is 11.8. The Morgan fingerprint density at radius 1 is 1.23 bits per heavy atom. The largest absolute Gasteiger partial charge is 0.462 e. The fourth-order valence-electron chi connectivity index (χ4n) is 5.51. The van der Waals surface area contributed by atoms with Gasteiger partial charge in [0.05, 0.1) is 18.4 Å². The standard InChI is InChI=1S/C25H38O5/c1-5-17(6-2)25(28)30-22-12-15(3)11-18-8-7-16(4)21(24(18)22)10-9-20-13-19(26)14-23(27)29-20/h7-8,11,15-17,19-22,24,26H,5-6,9-10,12-14H2,1-4H3/t15-,16-,19+,20?,21-,22-,24-/m0/s1. The minimum absolute atomic E-state index is 0.0344. The Hall–Kier alpha value is -1.62. The zero-order valence-electron chi connectivity index (χ0n) is 18.9. The quantitative estimate of drug-likeness (QED) is 0.613. The van der Waals surface area contributed by atoms with Gasteiger partial charge in [0.2, 0.25) is 0 Å². The second kappa shape index (κ2) is 10.1. The Bertz CT molecular complexity index is 677. The van der Waals surface area contributed by atoms with Crippen LogP contribution in [0.5, 0.6) is 0 Å². The Kier molecular flexibility index (Phi) is 7.78. The van der Waals surface area contributed by atoms with Crippen LogP contribution in [0.1, 0.15) is 72.6 Å². The summed E-state index contributed by atoms with van der Waals surface area (Å²) in [5, 5.41) is 9.92. The fourth-order valence-corrected chi connectivity index (χ4v) is 5.51. The molecule has 0 spiro atoms. The van der Waals surface area contributed by atoms with Crippen LogP contribution >= 0.6 is 0 Å². The summed E-state index contributed by atoms with van der Waals surface area (Å²) in [5.74, 6) is 0.841. The molecule has 168 valence electrons. The molecule has 30 heavy (non-hydrogen) atoms. The first-order valence-electron chi connectivity index (χ1n) is 11.8. The highest BCUT2D eigenvalue weighted by Gasteiger charge is 2.42. The highest BCUT2D eigenvalue weighted by atomic mass is 16.5. The fraction of sp³-hybridized carbons (Fsp3) is 0.760. The number of esters is 2. The Morgan fingerprint density at radius 2 is 1.97 bits per heavy atom. The van der Waals surface area contributed by atoms with E-state index in [1.807, 2.05) is 13.8 Å². The first kappa shape index (κ1) is 23.1. The van der Waals surface area contributed by atoms with Gasteiger partial charge in [0.15, 0.2) is 0 Å². The molecule has 5 heteroatoms. The van der Waals surface area contributed by atoms with Crippen LogP contribution in [0.25, 0.3) is 0 Å². The molecule has 0 saturated carbocycles. The van der Waals surface area contributed by atoms with Crippen molar-refractivity contribution in [3.63, 3.8) is 0 Å². The molecule has 5 nitrogen and oxygen atoms in total. The van der Waals surface area contributed by atoms with Crippen LogP contribution in [-0.2, 0) is 19.1 Å². The topological polar surface area (TPSA) is 72.8 Å². The summed E-state index contributed by atoms with van der Waals surface area (Å²) in [4.78, 5) is 24.5. The lowest BCUT2D eigenvalue weighted by atomic mass is 9.65. The van der Waals surface area contributed by atoms with Gasteiger partial charge in [0.1, 0.15) is 12.2 Å². The summed E-state index contributed by atoms with van der Waals surface area (Å²) in [6, 6.07) is 0. The summed E-state index contributed by atoms with van der Waals surface area (Å²) in [6.07, 6.45) is 10.6. The monoisotopic (exact) mass is 418 g/mol. The maximum Gasteiger partial charge on any atom is 0.309 e. The van der Waals surface area contributed by atoms with Crippen molar-refractivity contribution in [2.75, 3.05) is 0 Å². The number of aliphatic hydroxyl groups excluding tert-OH is 1. The molecule has 3 aliphatic rings. The van der Waals surface area contributed by atoms with Gasteiger partial charge >= 0.3 is 11.9 Å². The summed E-state index contributed by atoms with van der Waals surface area (Å²) >= 11 is 0. The number of allylic oxidation sites excluding steroid dienone is 3. The molecule has 1 fully saturated rings. The van der Waals surface area contributed by atoms with Crippen molar-refractivity contribution < 1.29 is 24.2 Å². The maximum absolute atomic E-state index is 12.8. The van der Waals surface area contributed by atoms with Crippen LogP contribution in [0.15, 0.2) is 23.8 Å². The van der Waals surface area contributed by atoms with E-state index in [4.69, 9.17) is 9.47 Å². The lowest BCUT2D eigenvalue weighted by Gasteiger charge is -2.43. The molecular formula is C25H38O5. The number of rotatable bonds is 7. The van der Waals surface area contributed by atoms with E-state index in [0.717, 1.165) is 32.1 Å². The molecule has 1 heterocycles. The molecule has 0 aromatic heterocycles. The van der Waals surface area contributed by atoms with Gasteiger partial charge in [-0.15, -0.1) is 0 Å². The van der Waals surface area contributed by atoms with Crippen LogP contribution < -0.4 is 0 Å². The summed E-state index contributed by atoms with van der Waals surface area (Å²) in [6.45, 7) is 8.49. The van der Waals surface area contributed by atoms with Gasteiger partial charge in [0, 0.05) is 12.3 Å². The normalized spacial score (nSPS) is 36.1. The van der Waals surface area contributed by atoms with E-state index in [1.54, 1.807) is 0 Å². The van der Waals surface area contributed by atoms with Crippen molar-refractivity contribution in [3.8, 4) is 0 Å². The SMILES string of the molecule is CCC(CC)C(=O)O[C@H]1C[C@@H](C)C=C2C=C[C@H](C)[C@H](CCC3C[C@@H](O)CC(=O)O3)[C@H]21. The molecule has 0 aromatic carbocycles. The molecule has 2 aliphatic carbocycles. The molecule has 0 radical (unpaired) electrons. The van der Waals surface area contributed by atoms with Crippen LogP contribution in [0, 0.1) is 29.6 Å². The average molecular weight is 419 g/mol. The van der Waals surface area contributed by atoms with Crippen LogP contribution in [0.2, 0.25) is 0 Å². The summed E-state index contributed by atoms with van der Waals surface area (Å²) in [7, 11) is 0. The Balaban J connectivity index is 1.74. The number of ether oxygens (including phenoxy) is 2. The van der Waals surface area contributed by atoms with Gasteiger partial charge in [-0.3, -0.25) is 9.59 Å². The predicted molar refractivity (Wildman–Crippen MR) is 115 cm³/mol. The third-order valence-corrected chi connectivity index (χ3v) is 7.24. The van der Waals surface area contributed by atoms with Crippen molar-refractivity contribution in [2.24, 2.45) is 29.6 Å². The van der Waals surface area contributed by atoms with Gasteiger partial charge in [-0.1, -0.05) is 45.9 Å². The third-order valence-electron chi connectivity index (χ3n) is 7.24. The zero-order chi connectivity index (χ0) is 21.8. The second-order valence-corrected chi connectivity index (χ2v) is 9.56. The third kappa shape index (κ3) is 5.35. The number of carbonyl (C=O) groups excluding carboxylic acids is 2. The lowest BCUT2D eigenvalue weighted by molar-refractivity contribution is -0.162. The van der Waals surface area contributed by atoms with Crippen molar-refractivity contribution in [1.82, 2.24) is 0 Å². The average Bonchev–Trinajstić information content (AvgIpc) is 2.67. The molecule has 0 aromatic rings. The van der Waals surface area contributed by atoms with Gasteiger partial charge in [-0.25, -0.2) is 0 Å². The Morgan fingerprint density at radius 3 is 2.63 bits per heavy atom. The van der Waals surface area contributed by atoms with E-state index >= 15 is 0 Å². The Labute approximate surface area is 180 Å². The number of aliphatic hydroxyl groups is 1. The zero-order valence-corrected chi connectivity index (χ0v) is 18.9. The minimum atomic E-state index is -0.598. The maximum atomic E-state index is 12.8. The molecule has 7 atom stereocenters.